The average Bonchev–Trinajstić information content (AvgIpc) is 3.13. The maximum absolute atomic E-state index is 5.50. The molecule has 0 amide bonds. The van der Waals surface area contributed by atoms with Crippen LogP contribution in [0, 0.1) is 17.8 Å². The first kappa shape index (κ1) is 13.9. The summed E-state index contributed by atoms with van der Waals surface area (Å²) < 4.78 is 7.47. The fourth-order valence-corrected chi connectivity index (χ4v) is 4.49. The second kappa shape index (κ2) is 5.76. The topological polar surface area (TPSA) is 39.1 Å². The maximum atomic E-state index is 5.50. The van der Waals surface area contributed by atoms with E-state index in [2.05, 4.69) is 17.3 Å². The zero-order chi connectivity index (χ0) is 14.1. The van der Waals surface area contributed by atoms with Crippen LogP contribution in [0.5, 0.6) is 5.75 Å². The van der Waals surface area contributed by atoms with Crippen LogP contribution in [0.25, 0.3) is 0 Å². The van der Waals surface area contributed by atoms with E-state index in [-0.39, 0.29) is 0 Å². The molecule has 0 aliphatic heterocycles. The molecular formula is C16H27N3O. The molecule has 0 aromatic carbocycles. The van der Waals surface area contributed by atoms with E-state index in [1.807, 2.05) is 17.9 Å². The van der Waals surface area contributed by atoms with Gasteiger partial charge in [-0.25, -0.2) is 0 Å². The highest BCUT2D eigenvalue weighted by Gasteiger charge is 2.40. The van der Waals surface area contributed by atoms with Gasteiger partial charge in [0.15, 0.2) is 5.75 Å². The van der Waals surface area contributed by atoms with E-state index < -0.39 is 0 Å². The van der Waals surface area contributed by atoms with E-state index in [9.17, 15) is 0 Å². The van der Waals surface area contributed by atoms with Crippen LogP contribution in [0.1, 0.15) is 50.8 Å². The first-order chi connectivity index (χ1) is 9.72. The van der Waals surface area contributed by atoms with Gasteiger partial charge in [-0.3, -0.25) is 4.68 Å². The number of aromatic nitrogens is 2. The second-order valence-corrected chi connectivity index (χ2v) is 6.50. The van der Waals surface area contributed by atoms with Crippen molar-refractivity contribution in [3.8, 4) is 5.75 Å². The highest BCUT2D eigenvalue weighted by Crippen LogP contribution is 2.51. The van der Waals surface area contributed by atoms with Crippen molar-refractivity contribution in [3.63, 3.8) is 0 Å². The van der Waals surface area contributed by atoms with Crippen LogP contribution in [0.2, 0.25) is 0 Å². The van der Waals surface area contributed by atoms with Crippen molar-refractivity contribution in [2.45, 2.75) is 45.1 Å². The van der Waals surface area contributed by atoms with Crippen LogP contribution in [0.3, 0.4) is 0 Å². The normalized spacial score (nSPS) is 29.9. The molecule has 4 heteroatoms. The number of ether oxygens (including phenoxy) is 1. The molecule has 0 radical (unpaired) electrons. The van der Waals surface area contributed by atoms with Gasteiger partial charge < -0.3 is 10.1 Å². The molecule has 2 fully saturated rings. The van der Waals surface area contributed by atoms with Gasteiger partial charge in [0.25, 0.3) is 0 Å². The Hall–Kier alpha value is -1.03. The van der Waals surface area contributed by atoms with Crippen molar-refractivity contribution in [2.24, 2.45) is 24.8 Å². The van der Waals surface area contributed by atoms with Crippen LogP contribution in [0.4, 0.5) is 0 Å². The molecule has 1 aromatic rings. The van der Waals surface area contributed by atoms with Crippen molar-refractivity contribution < 1.29 is 4.74 Å². The highest BCUT2D eigenvalue weighted by molar-refractivity contribution is 5.28. The smallest absolute Gasteiger partial charge is 0.161 e. The molecular weight excluding hydrogens is 250 g/mol. The van der Waals surface area contributed by atoms with Crippen LogP contribution < -0.4 is 10.1 Å². The predicted octanol–water partition coefficient (Wildman–Crippen LogP) is 2.91. The minimum atomic E-state index is 0.367. The van der Waals surface area contributed by atoms with Crippen molar-refractivity contribution in [2.75, 3.05) is 13.7 Å². The number of nitrogens with zero attached hydrogens (tertiary/aromatic N) is 2. The lowest BCUT2D eigenvalue weighted by Crippen LogP contribution is -2.27. The lowest BCUT2D eigenvalue weighted by molar-refractivity contribution is 0.272. The van der Waals surface area contributed by atoms with E-state index in [1.54, 1.807) is 7.11 Å². The van der Waals surface area contributed by atoms with E-state index in [0.717, 1.165) is 30.0 Å². The molecule has 1 aromatic heterocycles. The largest absolute Gasteiger partial charge is 0.493 e. The fraction of sp³-hybridized carbons (Fsp3) is 0.812. The SMILES string of the molecule is CCNC(CC1CC2CCC1C2)c1c(OC)cnn1C. The molecule has 0 spiro atoms. The number of aryl methyl sites for hydroxylation is 1. The summed E-state index contributed by atoms with van der Waals surface area (Å²) in [6.45, 7) is 3.16. The van der Waals surface area contributed by atoms with E-state index in [0.29, 0.717) is 6.04 Å². The minimum absolute atomic E-state index is 0.367. The number of rotatable bonds is 6. The molecule has 1 N–H and O–H groups in total. The molecule has 2 aliphatic carbocycles. The van der Waals surface area contributed by atoms with E-state index in [1.165, 1.54) is 37.8 Å². The van der Waals surface area contributed by atoms with Gasteiger partial charge in [0.2, 0.25) is 0 Å². The summed E-state index contributed by atoms with van der Waals surface area (Å²) in [5, 5.41) is 8.01. The van der Waals surface area contributed by atoms with E-state index >= 15 is 0 Å². The predicted molar refractivity (Wildman–Crippen MR) is 79.7 cm³/mol. The third kappa shape index (κ3) is 2.46. The maximum Gasteiger partial charge on any atom is 0.161 e. The van der Waals surface area contributed by atoms with Gasteiger partial charge in [-0.2, -0.15) is 5.10 Å². The quantitative estimate of drug-likeness (QED) is 0.869. The van der Waals surface area contributed by atoms with Gasteiger partial charge in [0.1, 0.15) is 0 Å². The number of hydrogen-bond acceptors (Lipinski definition) is 3. The monoisotopic (exact) mass is 277 g/mol. The molecule has 2 aliphatic rings. The average molecular weight is 277 g/mol. The number of fused-ring (bicyclic) bond motifs is 2. The van der Waals surface area contributed by atoms with Gasteiger partial charge in [0, 0.05) is 7.05 Å². The first-order valence-electron chi connectivity index (χ1n) is 8.02. The summed E-state index contributed by atoms with van der Waals surface area (Å²) in [4.78, 5) is 0. The summed E-state index contributed by atoms with van der Waals surface area (Å²) in [6, 6.07) is 0.367. The van der Waals surface area contributed by atoms with Crippen molar-refractivity contribution >= 4 is 0 Å². The lowest BCUT2D eigenvalue weighted by atomic mass is 9.83. The summed E-state index contributed by atoms with van der Waals surface area (Å²) in [6.07, 6.45) is 8.91. The summed E-state index contributed by atoms with van der Waals surface area (Å²) in [5.74, 6) is 3.79. The molecule has 20 heavy (non-hydrogen) atoms. The summed E-state index contributed by atoms with van der Waals surface area (Å²) in [5.41, 5.74) is 1.21. The van der Waals surface area contributed by atoms with Crippen LogP contribution in [0.15, 0.2) is 6.20 Å². The van der Waals surface area contributed by atoms with Gasteiger partial charge >= 0.3 is 0 Å². The zero-order valence-corrected chi connectivity index (χ0v) is 12.9. The van der Waals surface area contributed by atoms with Crippen LogP contribution >= 0.6 is 0 Å². The molecule has 4 nitrogen and oxygen atoms in total. The van der Waals surface area contributed by atoms with Crippen molar-refractivity contribution in [3.05, 3.63) is 11.9 Å². The first-order valence-corrected chi connectivity index (χ1v) is 8.02. The molecule has 4 unspecified atom stereocenters. The Morgan fingerprint density at radius 2 is 2.30 bits per heavy atom. The Balaban J connectivity index is 1.76. The molecule has 3 rings (SSSR count). The van der Waals surface area contributed by atoms with Gasteiger partial charge in [-0.15, -0.1) is 0 Å². The Kier molecular flexibility index (Phi) is 4.01. The molecule has 4 atom stereocenters. The third-order valence-electron chi connectivity index (χ3n) is 5.37. The Morgan fingerprint density at radius 1 is 1.45 bits per heavy atom. The molecule has 1 heterocycles. The van der Waals surface area contributed by atoms with Crippen LogP contribution in [-0.4, -0.2) is 23.4 Å². The number of hydrogen-bond donors (Lipinski definition) is 1. The number of nitrogens with one attached hydrogen (secondary N) is 1. The van der Waals surface area contributed by atoms with Gasteiger partial charge in [-0.05, 0) is 50.0 Å². The Morgan fingerprint density at radius 3 is 2.90 bits per heavy atom. The highest BCUT2D eigenvalue weighted by atomic mass is 16.5. The number of methoxy groups -OCH3 is 1. The summed E-state index contributed by atoms with van der Waals surface area (Å²) in [7, 11) is 3.75. The van der Waals surface area contributed by atoms with Crippen LogP contribution in [-0.2, 0) is 7.05 Å². The van der Waals surface area contributed by atoms with Crippen molar-refractivity contribution in [1.82, 2.24) is 15.1 Å². The minimum Gasteiger partial charge on any atom is -0.493 e. The van der Waals surface area contributed by atoms with Gasteiger partial charge in [-0.1, -0.05) is 13.3 Å². The molecule has 112 valence electrons. The summed E-state index contributed by atoms with van der Waals surface area (Å²) >= 11 is 0. The van der Waals surface area contributed by atoms with Crippen molar-refractivity contribution in [1.29, 1.82) is 0 Å². The Labute approximate surface area is 121 Å². The zero-order valence-electron chi connectivity index (χ0n) is 12.9. The third-order valence-corrected chi connectivity index (χ3v) is 5.37. The molecule has 0 saturated heterocycles. The standard InChI is InChI=1S/C16H27N3O/c1-4-17-14(16-15(20-3)10-18-19(16)2)9-13-8-11-5-6-12(13)7-11/h10-14,17H,4-9H2,1-3H3. The molecule has 2 saturated carbocycles. The fourth-order valence-electron chi connectivity index (χ4n) is 4.49. The second-order valence-electron chi connectivity index (χ2n) is 6.50. The van der Waals surface area contributed by atoms with E-state index in [4.69, 9.17) is 4.74 Å². The Bertz CT molecular complexity index is 457. The molecule has 2 bridgehead atoms. The van der Waals surface area contributed by atoms with Gasteiger partial charge in [0.05, 0.1) is 25.0 Å². The lowest BCUT2D eigenvalue weighted by Gasteiger charge is -2.27.